The molecule has 0 radical (unpaired) electrons. The zero-order chi connectivity index (χ0) is 13.7. The van der Waals surface area contributed by atoms with Crippen molar-refractivity contribution in [3.05, 3.63) is 35.1 Å². The molecule has 0 aromatic heterocycles. The summed E-state index contributed by atoms with van der Waals surface area (Å²) in [5.74, 6) is 0.277. The Labute approximate surface area is 114 Å². The van der Waals surface area contributed by atoms with Crippen LogP contribution in [-0.4, -0.2) is 23.0 Å². The van der Waals surface area contributed by atoms with Crippen molar-refractivity contribution in [1.29, 1.82) is 0 Å². The van der Waals surface area contributed by atoms with Gasteiger partial charge in [0, 0.05) is 24.2 Å². The molecule has 0 aliphatic heterocycles. The molecule has 2 N–H and O–H groups in total. The molecule has 0 atom stereocenters. The number of hydrogen-bond acceptors (Lipinski definition) is 2. The van der Waals surface area contributed by atoms with Crippen molar-refractivity contribution >= 4 is 17.2 Å². The summed E-state index contributed by atoms with van der Waals surface area (Å²) in [4.78, 5) is 2.33. The van der Waals surface area contributed by atoms with Crippen LogP contribution in [0, 0.1) is 11.7 Å². The zero-order valence-corrected chi connectivity index (χ0v) is 12.1. The molecule has 0 aliphatic rings. The molecular formula is C14H21FN2S. The van der Waals surface area contributed by atoms with Gasteiger partial charge in [0.1, 0.15) is 10.8 Å². The van der Waals surface area contributed by atoms with Gasteiger partial charge in [-0.1, -0.05) is 45.1 Å². The lowest BCUT2D eigenvalue weighted by Crippen LogP contribution is -2.28. The lowest BCUT2D eigenvalue weighted by molar-refractivity contribution is 0.245. The fourth-order valence-electron chi connectivity index (χ4n) is 1.95. The molecule has 1 aromatic rings. The molecule has 4 heteroatoms. The van der Waals surface area contributed by atoms with Crippen LogP contribution in [0.1, 0.15) is 31.9 Å². The maximum absolute atomic E-state index is 14.2. The Kier molecular flexibility index (Phi) is 5.69. The van der Waals surface area contributed by atoms with Gasteiger partial charge in [0.25, 0.3) is 0 Å². The number of hydrogen-bond donors (Lipinski definition) is 1. The van der Waals surface area contributed by atoms with Crippen molar-refractivity contribution in [1.82, 2.24) is 4.90 Å². The number of rotatable bonds is 6. The Morgan fingerprint density at radius 2 is 2.11 bits per heavy atom. The Bertz CT molecular complexity index is 418. The molecule has 0 saturated heterocycles. The van der Waals surface area contributed by atoms with Crippen LogP contribution in [0.15, 0.2) is 18.2 Å². The Morgan fingerprint density at radius 3 is 2.61 bits per heavy atom. The number of nitrogens with two attached hydrogens (primary N) is 1. The highest BCUT2D eigenvalue weighted by Crippen LogP contribution is 2.15. The van der Waals surface area contributed by atoms with Crippen molar-refractivity contribution in [2.45, 2.75) is 27.3 Å². The predicted octanol–water partition coefficient (Wildman–Crippen LogP) is 2.94. The van der Waals surface area contributed by atoms with E-state index < -0.39 is 0 Å². The van der Waals surface area contributed by atoms with Crippen LogP contribution in [0.25, 0.3) is 0 Å². The van der Waals surface area contributed by atoms with Gasteiger partial charge in [0.15, 0.2) is 0 Å². The van der Waals surface area contributed by atoms with Crippen LogP contribution >= 0.6 is 12.2 Å². The molecule has 0 amide bonds. The topological polar surface area (TPSA) is 29.3 Å². The third-order valence-electron chi connectivity index (χ3n) is 2.81. The first kappa shape index (κ1) is 15.1. The van der Waals surface area contributed by atoms with Crippen molar-refractivity contribution < 1.29 is 4.39 Å². The maximum Gasteiger partial charge on any atom is 0.137 e. The van der Waals surface area contributed by atoms with Gasteiger partial charge in [-0.15, -0.1) is 0 Å². The average molecular weight is 268 g/mol. The van der Waals surface area contributed by atoms with Crippen LogP contribution < -0.4 is 5.73 Å². The second-order valence-corrected chi connectivity index (χ2v) is 5.30. The summed E-state index contributed by atoms with van der Waals surface area (Å²) in [5.41, 5.74) is 6.50. The summed E-state index contributed by atoms with van der Waals surface area (Å²) in [6.45, 7) is 8.84. The van der Waals surface area contributed by atoms with Gasteiger partial charge < -0.3 is 5.73 Å². The predicted molar refractivity (Wildman–Crippen MR) is 78.1 cm³/mol. The number of benzene rings is 1. The Hall–Kier alpha value is -1.00. The van der Waals surface area contributed by atoms with Crippen molar-refractivity contribution in [2.75, 3.05) is 13.1 Å². The number of halogens is 1. The summed E-state index contributed by atoms with van der Waals surface area (Å²) >= 11 is 4.85. The van der Waals surface area contributed by atoms with Crippen LogP contribution in [0.2, 0.25) is 0 Å². The highest BCUT2D eigenvalue weighted by Gasteiger charge is 2.13. The SMILES string of the molecule is CCN(Cc1cccc(C(N)=S)c1F)CC(C)C. The lowest BCUT2D eigenvalue weighted by atomic mass is 10.1. The monoisotopic (exact) mass is 268 g/mol. The van der Waals surface area contributed by atoms with E-state index in [1.54, 1.807) is 18.2 Å². The molecule has 0 saturated carbocycles. The highest BCUT2D eigenvalue weighted by molar-refractivity contribution is 7.80. The normalized spacial score (nSPS) is 11.2. The summed E-state index contributed by atoms with van der Waals surface area (Å²) in [5, 5.41) is 0. The van der Waals surface area contributed by atoms with E-state index in [-0.39, 0.29) is 10.8 Å². The minimum absolute atomic E-state index is 0.112. The van der Waals surface area contributed by atoms with E-state index >= 15 is 0 Å². The largest absolute Gasteiger partial charge is 0.389 e. The summed E-state index contributed by atoms with van der Waals surface area (Å²) < 4.78 is 14.2. The fourth-order valence-corrected chi connectivity index (χ4v) is 2.11. The fraction of sp³-hybridized carbons (Fsp3) is 0.500. The smallest absolute Gasteiger partial charge is 0.137 e. The molecule has 0 heterocycles. The maximum atomic E-state index is 14.2. The summed E-state index contributed by atoms with van der Waals surface area (Å²) in [6, 6.07) is 5.22. The molecule has 0 bridgehead atoms. The van der Waals surface area contributed by atoms with Gasteiger partial charge in [-0.3, -0.25) is 4.90 Å². The van der Waals surface area contributed by atoms with Crippen LogP contribution in [0.5, 0.6) is 0 Å². The molecule has 0 unspecified atom stereocenters. The second-order valence-electron chi connectivity index (χ2n) is 4.86. The highest BCUT2D eigenvalue weighted by atomic mass is 32.1. The third kappa shape index (κ3) is 4.03. The van der Waals surface area contributed by atoms with E-state index in [4.69, 9.17) is 18.0 Å². The molecule has 0 spiro atoms. The molecule has 2 nitrogen and oxygen atoms in total. The lowest BCUT2D eigenvalue weighted by Gasteiger charge is -2.23. The van der Waals surface area contributed by atoms with Crippen molar-refractivity contribution in [2.24, 2.45) is 11.7 Å². The van der Waals surface area contributed by atoms with Crippen molar-refractivity contribution in [3.8, 4) is 0 Å². The first-order chi connectivity index (χ1) is 8.45. The minimum Gasteiger partial charge on any atom is -0.389 e. The quantitative estimate of drug-likeness (QED) is 0.804. The molecule has 1 rings (SSSR count). The molecule has 0 aliphatic carbocycles. The molecule has 100 valence electrons. The van der Waals surface area contributed by atoms with E-state index in [2.05, 4.69) is 25.7 Å². The van der Waals surface area contributed by atoms with E-state index in [0.29, 0.717) is 23.6 Å². The molecule has 1 aromatic carbocycles. The van der Waals surface area contributed by atoms with Crippen LogP contribution in [-0.2, 0) is 6.54 Å². The minimum atomic E-state index is -0.285. The standard InChI is InChI=1S/C14H21FN2S/c1-4-17(8-10(2)3)9-11-6-5-7-12(13(11)15)14(16)18/h5-7,10H,4,8-9H2,1-3H3,(H2,16,18). The zero-order valence-electron chi connectivity index (χ0n) is 11.2. The van der Waals surface area contributed by atoms with E-state index in [1.807, 2.05) is 0 Å². The molecule has 18 heavy (non-hydrogen) atoms. The van der Waals surface area contributed by atoms with Gasteiger partial charge in [0.05, 0.1) is 0 Å². The van der Waals surface area contributed by atoms with Gasteiger partial charge in [-0.25, -0.2) is 4.39 Å². The molecular weight excluding hydrogens is 247 g/mol. The first-order valence-corrected chi connectivity index (χ1v) is 6.66. The molecule has 0 fully saturated rings. The Balaban J connectivity index is 2.89. The summed E-state index contributed by atoms with van der Waals surface area (Å²) in [6.07, 6.45) is 0. The van der Waals surface area contributed by atoms with Crippen molar-refractivity contribution in [3.63, 3.8) is 0 Å². The van der Waals surface area contributed by atoms with E-state index in [0.717, 1.165) is 13.1 Å². The third-order valence-corrected chi connectivity index (χ3v) is 3.03. The van der Waals surface area contributed by atoms with E-state index in [1.165, 1.54) is 0 Å². The van der Waals surface area contributed by atoms with Crippen LogP contribution in [0.4, 0.5) is 4.39 Å². The van der Waals surface area contributed by atoms with Gasteiger partial charge >= 0.3 is 0 Å². The van der Waals surface area contributed by atoms with Crippen LogP contribution in [0.3, 0.4) is 0 Å². The number of nitrogens with zero attached hydrogens (tertiary/aromatic N) is 1. The van der Waals surface area contributed by atoms with Gasteiger partial charge in [-0.2, -0.15) is 0 Å². The Morgan fingerprint density at radius 1 is 1.44 bits per heavy atom. The van der Waals surface area contributed by atoms with Gasteiger partial charge in [-0.05, 0) is 18.5 Å². The average Bonchev–Trinajstić information content (AvgIpc) is 2.29. The summed E-state index contributed by atoms with van der Waals surface area (Å²) in [7, 11) is 0. The van der Waals surface area contributed by atoms with Gasteiger partial charge in [0.2, 0.25) is 0 Å². The van der Waals surface area contributed by atoms with E-state index in [9.17, 15) is 4.39 Å². The number of thiocarbonyl (C=S) groups is 1. The first-order valence-electron chi connectivity index (χ1n) is 6.25. The second kappa shape index (κ2) is 6.81.